The van der Waals surface area contributed by atoms with Gasteiger partial charge < -0.3 is 19.0 Å². The molecule has 0 saturated carbocycles. The summed E-state index contributed by atoms with van der Waals surface area (Å²) >= 11 is 0. The third-order valence-electron chi connectivity index (χ3n) is 5.50. The molecule has 2 heterocycles. The van der Waals surface area contributed by atoms with E-state index in [1.54, 1.807) is 23.1 Å². The van der Waals surface area contributed by atoms with E-state index in [1.807, 2.05) is 42.5 Å². The van der Waals surface area contributed by atoms with Crippen LogP contribution in [-0.4, -0.2) is 48.8 Å². The number of nitrogens with one attached hydrogen (secondary N) is 2. The van der Waals surface area contributed by atoms with Gasteiger partial charge in [0.2, 0.25) is 0 Å². The summed E-state index contributed by atoms with van der Waals surface area (Å²) in [7, 11) is 0. The van der Waals surface area contributed by atoms with Crippen LogP contribution in [-0.2, 0) is 6.61 Å². The van der Waals surface area contributed by atoms with E-state index >= 15 is 0 Å². The fourth-order valence-electron chi connectivity index (χ4n) is 3.57. The van der Waals surface area contributed by atoms with E-state index in [4.69, 9.17) is 9.15 Å². The lowest BCUT2D eigenvalue weighted by Gasteiger charge is -2.36. The summed E-state index contributed by atoms with van der Waals surface area (Å²) in [5.41, 5.74) is 6.49. The lowest BCUT2D eigenvalue weighted by molar-refractivity contribution is 0.0897. The van der Waals surface area contributed by atoms with Crippen LogP contribution in [0.2, 0.25) is 0 Å². The van der Waals surface area contributed by atoms with Crippen LogP contribution in [0.3, 0.4) is 0 Å². The maximum absolute atomic E-state index is 12.5. The summed E-state index contributed by atoms with van der Waals surface area (Å²) in [6, 6.07) is 19.5. The molecule has 0 spiro atoms. The van der Waals surface area contributed by atoms with Gasteiger partial charge in [0.05, 0.1) is 0 Å². The van der Waals surface area contributed by atoms with Gasteiger partial charge >= 0.3 is 11.9 Å². The zero-order chi connectivity index (χ0) is 23.9. The largest absolute Gasteiger partial charge is 0.486 e. The quantitative estimate of drug-likeness (QED) is 0.431. The van der Waals surface area contributed by atoms with Gasteiger partial charge in [-0.05, 0) is 55.5 Å². The Bertz CT molecular complexity index is 1140. The number of urea groups is 1. The number of ketones is 1. The second-order valence-electron chi connectivity index (χ2n) is 7.83. The van der Waals surface area contributed by atoms with Gasteiger partial charge in [-0.15, -0.1) is 0 Å². The number of benzene rings is 2. The molecule has 2 N–H and O–H groups in total. The molecule has 0 bridgehead atoms. The molecule has 0 unspecified atom stereocenters. The first-order valence-electron chi connectivity index (χ1n) is 11.0. The maximum atomic E-state index is 12.5. The first-order valence-corrected chi connectivity index (χ1v) is 11.0. The summed E-state index contributed by atoms with van der Waals surface area (Å²) in [5, 5.41) is 0. The Kier molecular flexibility index (Phi) is 7.12. The van der Waals surface area contributed by atoms with Crippen molar-refractivity contribution in [2.45, 2.75) is 13.5 Å². The number of rotatable bonds is 6. The number of furan rings is 1. The summed E-state index contributed by atoms with van der Waals surface area (Å²) in [5.74, 6) is 0.744. The van der Waals surface area contributed by atoms with Gasteiger partial charge in [0.15, 0.2) is 11.5 Å². The average molecular weight is 463 g/mol. The lowest BCUT2D eigenvalue weighted by atomic mass is 10.1. The molecule has 4 rings (SSSR count). The van der Waals surface area contributed by atoms with Crippen molar-refractivity contribution in [3.63, 3.8) is 0 Å². The molecule has 176 valence electrons. The molecule has 3 aromatic rings. The fourth-order valence-corrected chi connectivity index (χ4v) is 3.57. The molecular weight excluding hydrogens is 436 g/mol. The number of anilines is 1. The van der Waals surface area contributed by atoms with Crippen molar-refractivity contribution in [1.29, 1.82) is 0 Å². The van der Waals surface area contributed by atoms with Gasteiger partial charge in [-0.2, -0.15) is 0 Å². The molecule has 1 aliphatic heterocycles. The molecule has 1 saturated heterocycles. The number of Topliss-reactive ketones (excluding diaryl/α,β-unsaturated/α-hetero) is 1. The van der Waals surface area contributed by atoms with E-state index in [0.717, 1.165) is 5.69 Å². The number of hydrogen-bond donors (Lipinski definition) is 2. The van der Waals surface area contributed by atoms with E-state index in [0.29, 0.717) is 43.3 Å². The number of hydrogen-bond acceptors (Lipinski definition) is 6. The van der Waals surface area contributed by atoms with Crippen molar-refractivity contribution >= 4 is 23.4 Å². The highest BCUT2D eigenvalue weighted by Crippen LogP contribution is 2.18. The normalized spacial score (nSPS) is 13.3. The van der Waals surface area contributed by atoms with Gasteiger partial charge in [-0.25, -0.2) is 10.2 Å². The molecule has 0 atom stereocenters. The Morgan fingerprint density at radius 3 is 2.26 bits per heavy atom. The first kappa shape index (κ1) is 22.9. The predicted octanol–water partition coefficient (Wildman–Crippen LogP) is 3.24. The second-order valence-corrected chi connectivity index (χ2v) is 7.83. The van der Waals surface area contributed by atoms with Crippen molar-refractivity contribution < 1.29 is 23.5 Å². The van der Waals surface area contributed by atoms with Crippen LogP contribution >= 0.6 is 0 Å². The molecular formula is C25H26N4O5. The summed E-state index contributed by atoms with van der Waals surface area (Å²) < 4.78 is 11.1. The molecule has 2 aromatic carbocycles. The zero-order valence-corrected chi connectivity index (χ0v) is 18.8. The summed E-state index contributed by atoms with van der Waals surface area (Å²) in [4.78, 5) is 40.0. The van der Waals surface area contributed by atoms with Crippen LogP contribution in [0.5, 0.6) is 5.75 Å². The van der Waals surface area contributed by atoms with Crippen LogP contribution in [0.4, 0.5) is 10.5 Å². The number of amides is 3. The first-order chi connectivity index (χ1) is 16.5. The molecule has 9 heteroatoms. The molecule has 1 aromatic heterocycles. The Morgan fingerprint density at radius 1 is 0.882 bits per heavy atom. The number of ether oxygens (including phenoxy) is 1. The van der Waals surface area contributed by atoms with Crippen molar-refractivity contribution in [2.75, 3.05) is 31.1 Å². The average Bonchev–Trinajstić information content (AvgIpc) is 3.36. The monoisotopic (exact) mass is 462 g/mol. The highest BCUT2D eigenvalue weighted by Gasteiger charge is 2.22. The van der Waals surface area contributed by atoms with E-state index in [1.165, 1.54) is 13.0 Å². The van der Waals surface area contributed by atoms with Crippen molar-refractivity contribution in [2.24, 2.45) is 0 Å². The minimum atomic E-state index is -0.552. The molecule has 1 fully saturated rings. The highest BCUT2D eigenvalue weighted by molar-refractivity contribution is 5.94. The van der Waals surface area contributed by atoms with Crippen LogP contribution in [0, 0.1) is 0 Å². The SMILES string of the molecule is CC(=O)c1ccc(N2CCN(C(=O)NNC(=O)c3ccc(COc4ccccc4)o3)CC2)cc1. The number of para-hydroxylation sites is 1. The fraction of sp³-hybridized carbons (Fsp3) is 0.240. The molecule has 0 radical (unpaired) electrons. The van der Waals surface area contributed by atoms with Gasteiger partial charge in [-0.1, -0.05) is 18.2 Å². The van der Waals surface area contributed by atoms with E-state index < -0.39 is 5.91 Å². The Hall–Kier alpha value is -4.27. The Morgan fingerprint density at radius 2 is 1.59 bits per heavy atom. The van der Waals surface area contributed by atoms with Gasteiger partial charge in [-0.3, -0.25) is 15.0 Å². The van der Waals surface area contributed by atoms with Gasteiger partial charge in [0.25, 0.3) is 0 Å². The minimum absolute atomic E-state index is 0.0291. The molecule has 1 aliphatic rings. The smallest absolute Gasteiger partial charge is 0.336 e. The topological polar surface area (TPSA) is 104 Å². The second kappa shape index (κ2) is 10.6. The molecule has 0 aliphatic carbocycles. The number of piperazine rings is 1. The van der Waals surface area contributed by atoms with Crippen molar-refractivity contribution in [3.8, 4) is 5.75 Å². The lowest BCUT2D eigenvalue weighted by Crippen LogP contribution is -2.55. The van der Waals surface area contributed by atoms with E-state index in [-0.39, 0.29) is 24.2 Å². The molecule has 3 amide bonds. The Balaban J connectivity index is 1.21. The van der Waals surface area contributed by atoms with Gasteiger partial charge in [0, 0.05) is 37.4 Å². The summed E-state index contributed by atoms with van der Waals surface area (Å²) in [6.07, 6.45) is 0. The number of carbonyl (C=O) groups is 3. The van der Waals surface area contributed by atoms with Crippen LogP contribution in [0.1, 0.15) is 33.6 Å². The predicted molar refractivity (Wildman–Crippen MR) is 126 cm³/mol. The number of carbonyl (C=O) groups excluding carboxylic acids is 3. The Labute approximate surface area is 197 Å². The van der Waals surface area contributed by atoms with E-state index in [9.17, 15) is 14.4 Å². The highest BCUT2D eigenvalue weighted by atomic mass is 16.5. The maximum Gasteiger partial charge on any atom is 0.336 e. The standard InChI is InChI=1S/C25H26N4O5/c1-18(30)19-7-9-20(10-8-19)28-13-15-29(16-14-28)25(32)27-26-24(31)23-12-11-22(34-23)17-33-21-5-3-2-4-6-21/h2-12H,13-17H2,1H3,(H,26,31)(H,27,32). The number of hydrazine groups is 1. The van der Waals surface area contributed by atoms with Crippen molar-refractivity contribution in [1.82, 2.24) is 15.8 Å². The summed E-state index contributed by atoms with van der Waals surface area (Å²) in [6.45, 7) is 4.01. The van der Waals surface area contributed by atoms with Crippen LogP contribution in [0.25, 0.3) is 0 Å². The van der Waals surface area contributed by atoms with Gasteiger partial charge in [0.1, 0.15) is 18.1 Å². The number of nitrogens with zero attached hydrogens (tertiary/aromatic N) is 2. The molecule has 9 nitrogen and oxygen atoms in total. The van der Waals surface area contributed by atoms with E-state index in [2.05, 4.69) is 15.8 Å². The minimum Gasteiger partial charge on any atom is -0.486 e. The molecule has 34 heavy (non-hydrogen) atoms. The third-order valence-corrected chi connectivity index (χ3v) is 5.50. The van der Waals surface area contributed by atoms with Crippen LogP contribution in [0.15, 0.2) is 71.1 Å². The third kappa shape index (κ3) is 5.74. The zero-order valence-electron chi connectivity index (χ0n) is 18.8. The van der Waals surface area contributed by atoms with Crippen LogP contribution < -0.4 is 20.5 Å². The van der Waals surface area contributed by atoms with Crippen molar-refractivity contribution in [3.05, 3.63) is 83.8 Å².